The minimum Gasteiger partial charge on any atom is -0.453 e. The van der Waals surface area contributed by atoms with Gasteiger partial charge in [0, 0.05) is 0 Å². The van der Waals surface area contributed by atoms with Gasteiger partial charge in [-0.25, -0.2) is 4.79 Å². The molecule has 4 heteroatoms. The zero-order valence-corrected chi connectivity index (χ0v) is 4.88. The van der Waals surface area contributed by atoms with Gasteiger partial charge in [-0.05, 0) is 6.92 Å². The van der Waals surface area contributed by atoms with Crippen molar-refractivity contribution < 1.29 is 14.3 Å². The maximum absolute atomic E-state index is 9.37. The molecule has 48 valence electrons. The number of methoxy groups -OCH3 is 1. The summed E-state index contributed by atoms with van der Waals surface area (Å²) in [6.45, 7) is 1.44. The molecular weight excluding hydrogens is 110 g/mol. The summed E-state index contributed by atoms with van der Waals surface area (Å²) in [5.41, 5.74) is 4.43. The van der Waals surface area contributed by atoms with Crippen molar-refractivity contribution in [3.63, 3.8) is 0 Å². The molecule has 2 N–H and O–H groups in total. The first-order valence-corrected chi connectivity index (χ1v) is 1.92. The Balaban J connectivity index is 0. The van der Waals surface area contributed by atoms with Gasteiger partial charge in [0.05, 0.1) is 7.11 Å². The Morgan fingerprint density at radius 2 is 1.88 bits per heavy atom. The van der Waals surface area contributed by atoms with E-state index >= 15 is 0 Å². The molecule has 0 aliphatic carbocycles. The van der Waals surface area contributed by atoms with Crippen LogP contribution in [0.1, 0.15) is 6.92 Å². The standard InChI is InChI=1S/C2H5NO2.C2H4O/c1-5-2(3)4;1-2-3/h1H3,(H2,3,4);2H,1H3. The molecular formula is C4H9NO3. The fraction of sp³-hybridized carbons (Fsp3) is 0.500. The highest BCUT2D eigenvalue weighted by Crippen LogP contribution is 1.55. The number of aldehydes is 1. The predicted octanol–water partition coefficient (Wildman–Crippen LogP) is -0.0833. The molecule has 0 spiro atoms. The summed E-state index contributed by atoms with van der Waals surface area (Å²) in [5.74, 6) is 0. The topological polar surface area (TPSA) is 69.4 Å². The van der Waals surface area contributed by atoms with Crippen molar-refractivity contribution in [2.24, 2.45) is 5.73 Å². The summed E-state index contributed by atoms with van der Waals surface area (Å²) in [7, 11) is 1.22. The van der Waals surface area contributed by atoms with E-state index in [0.717, 1.165) is 6.29 Å². The van der Waals surface area contributed by atoms with E-state index in [0.29, 0.717) is 0 Å². The highest BCUT2D eigenvalue weighted by atomic mass is 16.5. The number of hydrogen-bond acceptors (Lipinski definition) is 3. The van der Waals surface area contributed by atoms with E-state index in [4.69, 9.17) is 4.79 Å². The number of rotatable bonds is 0. The predicted molar refractivity (Wildman–Crippen MR) is 28.3 cm³/mol. The van der Waals surface area contributed by atoms with Crippen LogP contribution in [0.25, 0.3) is 0 Å². The van der Waals surface area contributed by atoms with E-state index in [9.17, 15) is 4.79 Å². The summed E-state index contributed by atoms with van der Waals surface area (Å²) >= 11 is 0. The Labute approximate surface area is 47.6 Å². The van der Waals surface area contributed by atoms with Gasteiger partial charge in [0.1, 0.15) is 6.29 Å². The number of ether oxygens (including phenoxy) is 1. The summed E-state index contributed by atoms with van der Waals surface area (Å²) in [4.78, 5) is 18.2. The number of amides is 1. The zero-order valence-electron chi connectivity index (χ0n) is 4.88. The summed E-state index contributed by atoms with van der Waals surface area (Å²) in [6.07, 6.45) is 0.00463. The quantitative estimate of drug-likeness (QED) is 0.453. The molecule has 1 amide bonds. The Morgan fingerprint density at radius 1 is 1.75 bits per heavy atom. The van der Waals surface area contributed by atoms with E-state index in [2.05, 4.69) is 10.5 Å². The van der Waals surface area contributed by atoms with Crippen LogP contribution in [-0.4, -0.2) is 19.5 Å². The third-order valence-electron chi connectivity index (χ3n) is 0.201. The molecule has 4 nitrogen and oxygen atoms in total. The molecule has 0 rings (SSSR count). The van der Waals surface area contributed by atoms with Gasteiger partial charge in [-0.15, -0.1) is 0 Å². The molecule has 0 aromatic heterocycles. The van der Waals surface area contributed by atoms with Crippen molar-refractivity contribution in [2.45, 2.75) is 6.92 Å². The van der Waals surface area contributed by atoms with Crippen LogP contribution >= 0.6 is 0 Å². The lowest BCUT2D eigenvalue weighted by molar-refractivity contribution is -0.106. The molecule has 0 fully saturated rings. The summed E-state index contributed by atoms with van der Waals surface area (Å²) in [6, 6.07) is 0. The Hall–Kier alpha value is -1.06. The molecule has 0 heterocycles. The van der Waals surface area contributed by atoms with Crippen molar-refractivity contribution in [3.05, 3.63) is 0 Å². The second kappa shape index (κ2) is 9.34. The number of carbonyl (C=O) groups excluding carboxylic acids is 2. The van der Waals surface area contributed by atoms with Gasteiger partial charge in [-0.2, -0.15) is 0 Å². The molecule has 0 aromatic carbocycles. The van der Waals surface area contributed by atoms with Gasteiger partial charge in [0.2, 0.25) is 0 Å². The molecule has 0 saturated carbocycles. The van der Waals surface area contributed by atoms with Crippen molar-refractivity contribution >= 4 is 12.4 Å². The normalized spacial score (nSPS) is 5.75. The lowest BCUT2D eigenvalue weighted by Gasteiger charge is -1.81. The number of primary amides is 1. The lowest BCUT2D eigenvalue weighted by atomic mass is 11.0. The van der Waals surface area contributed by atoms with Crippen molar-refractivity contribution in [1.82, 2.24) is 0 Å². The maximum Gasteiger partial charge on any atom is 0.404 e. The third-order valence-corrected chi connectivity index (χ3v) is 0.201. The number of carbonyl (C=O) groups is 2. The first-order chi connectivity index (χ1) is 3.68. The van der Waals surface area contributed by atoms with E-state index in [1.807, 2.05) is 0 Å². The fourth-order valence-corrected chi connectivity index (χ4v) is 0. The Morgan fingerprint density at radius 3 is 1.88 bits per heavy atom. The number of nitrogens with two attached hydrogens (primary N) is 1. The SMILES string of the molecule is CC=O.COC(N)=O. The highest BCUT2D eigenvalue weighted by Gasteiger charge is 1.76. The first-order valence-electron chi connectivity index (χ1n) is 1.92. The molecule has 0 radical (unpaired) electrons. The van der Waals surface area contributed by atoms with E-state index in [-0.39, 0.29) is 0 Å². The van der Waals surface area contributed by atoms with Crippen LogP contribution in [0, 0.1) is 0 Å². The number of hydrogen-bond donors (Lipinski definition) is 1. The van der Waals surface area contributed by atoms with Crippen LogP contribution in [0.2, 0.25) is 0 Å². The Kier molecular flexibility index (Phi) is 11.7. The van der Waals surface area contributed by atoms with E-state index < -0.39 is 6.09 Å². The molecule has 0 atom stereocenters. The largest absolute Gasteiger partial charge is 0.453 e. The van der Waals surface area contributed by atoms with Crippen LogP contribution in [0.4, 0.5) is 4.79 Å². The van der Waals surface area contributed by atoms with Gasteiger partial charge in [-0.1, -0.05) is 0 Å². The molecule has 0 bridgehead atoms. The monoisotopic (exact) mass is 119 g/mol. The van der Waals surface area contributed by atoms with Crippen LogP contribution < -0.4 is 5.73 Å². The second-order valence-corrected chi connectivity index (χ2v) is 0.759. The smallest absolute Gasteiger partial charge is 0.404 e. The highest BCUT2D eigenvalue weighted by molar-refractivity contribution is 5.64. The van der Waals surface area contributed by atoms with Crippen LogP contribution in [0.15, 0.2) is 0 Å². The molecule has 0 aliphatic rings. The van der Waals surface area contributed by atoms with Gasteiger partial charge in [0.25, 0.3) is 0 Å². The molecule has 0 unspecified atom stereocenters. The summed E-state index contributed by atoms with van der Waals surface area (Å²) < 4.78 is 3.89. The van der Waals surface area contributed by atoms with Crippen molar-refractivity contribution in [3.8, 4) is 0 Å². The molecule has 0 aliphatic heterocycles. The van der Waals surface area contributed by atoms with E-state index in [1.54, 1.807) is 0 Å². The van der Waals surface area contributed by atoms with Crippen molar-refractivity contribution in [1.29, 1.82) is 0 Å². The lowest BCUT2D eigenvalue weighted by Crippen LogP contribution is -2.08. The fourth-order valence-electron chi connectivity index (χ4n) is 0. The van der Waals surface area contributed by atoms with Gasteiger partial charge < -0.3 is 15.3 Å². The van der Waals surface area contributed by atoms with Gasteiger partial charge >= 0.3 is 6.09 Å². The minimum absolute atomic E-state index is 0.745. The van der Waals surface area contributed by atoms with Crippen LogP contribution in [0.5, 0.6) is 0 Å². The van der Waals surface area contributed by atoms with Crippen LogP contribution in [-0.2, 0) is 9.53 Å². The average Bonchev–Trinajstić information content (AvgIpc) is 1.69. The maximum atomic E-state index is 9.37. The first kappa shape index (κ1) is 10.0. The zero-order chi connectivity index (χ0) is 6.99. The second-order valence-electron chi connectivity index (χ2n) is 0.759. The Bertz CT molecular complexity index is 71.7. The molecule has 0 saturated heterocycles. The minimum atomic E-state index is -0.745. The third kappa shape index (κ3) is 86.8. The van der Waals surface area contributed by atoms with Gasteiger partial charge in [0.15, 0.2) is 0 Å². The molecule has 0 aromatic rings. The van der Waals surface area contributed by atoms with Gasteiger partial charge in [-0.3, -0.25) is 0 Å². The molecule has 8 heavy (non-hydrogen) atoms. The average molecular weight is 119 g/mol. The summed E-state index contributed by atoms with van der Waals surface area (Å²) in [5, 5.41) is 0. The van der Waals surface area contributed by atoms with E-state index in [1.165, 1.54) is 14.0 Å². The van der Waals surface area contributed by atoms with Crippen molar-refractivity contribution in [2.75, 3.05) is 7.11 Å². The van der Waals surface area contributed by atoms with Crippen LogP contribution in [0.3, 0.4) is 0 Å².